The van der Waals surface area contributed by atoms with Gasteiger partial charge < -0.3 is 9.42 Å². The van der Waals surface area contributed by atoms with E-state index in [1.165, 1.54) is 12.8 Å². The summed E-state index contributed by atoms with van der Waals surface area (Å²) < 4.78 is 5.36. The molecule has 134 valence electrons. The SMILES string of the molecule is CCCCc1nc(CN2CCC[C@H]2[C@H]2CCCN2C(=O)CC)no1. The van der Waals surface area contributed by atoms with Crippen LogP contribution in [0.2, 0.25) is 0 Å². The summed E-state index contributed by atoms with van der Waals surface area (Å²) in [7, 11) is 0. The number of carbonyl (C=O) groups excluding carboxylic acids is 1. The molecule has 0 N–H and O–H groups in total. The molecule has 3 rings (SSSR count). The fourth-order valence-electron chi connectivity index (χ4n) is 4.15. The van der Waals surface area contributed by atoms with Crippen molar-refractivity contribution in [2.24, 2.45) is 0 Å². The van der Waals surface area contributed by atoms with E-state index in [9.17, 15) is 4.79 Å². The van der Waals surface area contributed by atoms with E-state index in [1.54, 1.807) is 0 Å². The minimum absolute atomic E-state index is 0.297. The van der Waals surface area contributed by atoms with Gasteiger partial charge in [0.2, 0.25) is 11.8 Å². The summed E-state index contributed by atoms with van der Waals surface area (Å²) in [5, 5.41) is 4.16. The average molecular weight is 334 g/mol. The van der Waals surface area contributed by atoms with Crippen molar-refractivity contribution in [3.63, 3.8) is 0 Å². The van der Waals surface area contributed by atoms with Crippen LogP contribution in [0, 0.1) is 0 Å². The number of aryl methyl sites for hydroxylation is 1. The highest BCUT2D eigenvalue weighted by Gasteiger charge is 2.39. The Balaban J connectivity index is 1.63. The molecule has 0 aromatic carbocycles. The molecule has 0 bridgehead atoms. The maximum atomic E-state index is 12.2. The number of hydrogen-bond donors (Lipinski definition) is 0. The highest BCUT2D eigenvalue weighted by molar-refractivity contribution is 5.76. The third-order valence-corrected chi connectivity index (χ3v) is 5.38. The topological polar surface area (TPSA) is 62.5 Å². The third kappa shape index (κ3) is 3.79. The highest BCUT2D eigenvalue weighted by atomic mass is 16.5. The van der Waals surface area contributed by atoms with Crippen LogP contribution in [-0.4, -0.2) is 51.0 Å². The molecule has 1 aromatic rings. The monoisotopic (exact) mass is 334 g/mol. The second-order valence-electron chi connectivity index (χ2n) is 7.04. The summed E-state index contributed by atoms with van der Waals surface area (Å²) in [5.74, 6) is 1.84. The molecule has 0 unspecified atom stereocenters. The number of amides is 1. The van der Waals surface area contributed by atoms with Gasteiger partial charge >= 0.3 is 0 Å². The standard InChI is InChI=1S/C18H30N4O2/c1-3-5-10-17-19-16(20-24-17)13-21-11-6-8-14(21)15-9-7-12-22(15)18(23)4-2/h14-15H,3-13H2,1-2H3/t14-,15+/m0/s1. The summed E-state index contributed by atoms with van der Waals surface area (Å²) in [5.41, 5.74) is 0. The predicted molar refractivity (Wildman–Crippen MR) is 91.4 cm³/mol. The Morgan fingerprint density at radius 3 is 2.79 bits per heavy atom. The quantitative estimate of drug-likeness (QED) is 0.767. The molecule has 0 spiro atoms. The molecular formula is C18H30N4O2. The van der Waals surface area contributed by atoms with E-state index in [1.807, 2.05) is 6.92 Å². The van der Waals surface area contributed by atoms with E-state index < -0.39 is 0 Å². The average Bonchev–Trinajstić information content (AvgIpc) is 3.32. The van der Waals surface area contributed by atoms with Gasteiger partial charge in [-0.1, -0.05) is 25.4 Å². The first kappa shape index (κ1) is 17.4. The molecule has 6 heteroatoms. The number of carbonyl (C=O) groups is 1. The zero-order valence-corrected chi connectivity index (χ0v) is 15.0. The van der Waals surface area contributed by atoms with Gasteiger partial charge in [0.05, 0.1) is 6.54 Å². The van der Waals surface area contributed by atoms with Crippen LogP contribution in [0.15, 0.2) is 4.52 Å². The van der Waals surface area contributed by atoms with Crippen LogP contribution >= 0.6 is 0 Å². The molecule has 1 amide bonds. The third-order valence-electron chi connectivity index (χ3n) is 5.38. The lowest BCUT2D eigenvalue weighted by molar-refractivity contribution is -0.132. The van der Waals surface area contributed by atoms with Crippen molar-refractivity contribution in [2.45, 2.75) is 83.8 Å². The van der Waals surface area contributed by atoms with Gasteiger partial charge in [-0.15, -0.1) is 0 Å². The number of rotatable bonds is 7. The second kappa shape index (κ2) is 8.10. The van der Waals surface area contributed by atoms with E-state index in [-0.39, 0.29) is 0 Å². The largest absolute Gasteiger partial charge is 0.339 e. The van der Waals surface area contributed by atoms with Crippen molar-refractivity contribution < 1.29 is 9.32 Å². The summed E-state index contributed by atoms with van der Waals surface area (Å²) >= 11 is 0. The molecule has 24 heavy (non-hydrogen) atoms. The number of nitrogens with zero attached hydrogens (tertiary/aromatic N) is 4. The predicted octanol–water partition coefficient (Wildman–Crippen LogP) is 2.78. The fourth-order valence-corrected chi connectivity index (χ4v) is 4.15. The molecule has 0 aliphatic carbocycles. The van der Waals surface area contributed by atoms with Crippen LogP contribution < -0.4 is 0 Å². The molecule has 2 fully saturated rings. The molecule has 0 saturated carbocycles. The zero-order chi connectivity index (χ0) is 16.9. The van der Waals surface area contributed by atoms with Crippen molar-refractivity contribution in [1.82, 2.24) is 19.9 Å². The van der Waals surface area contributed by atoms with Crippen LogP contribution in [0.3, 0.4) is 0 Å². The van der Waals surface area contributed by atoms with E-state index >= 15 is 0 Å². The van der Waals surface area contributed by atoms with Gasteiger partial charge in [0, 0.05) is 31.5 Å². The fraction of sp³-hybridized carbons (Fsp3) is 0.833. The lowest BCUT2D eigenvalue weighted by Crippen LogP contribution is -2.48. The number of likely N-dealkylation sites (tertiary alicyclic amines) is 2. The van der Waals surface area contributed by atoms with Gasteiger partial charge in [-0.25, -0.2) is 0 Å². The summed E-state index contributed by atoms with van der Waals surface area (Å²) in [6, 6.07) is 0.812. The van der Waals surface area contributed by atoms with Crippen LogP contribution in [0.4, 0.5) is 0 Å². The number of unbranched alkanes of at least 4 members (excludes halogenated alkanes) is 1. The van der Waals surface area contributed by atoms with Crippen molar-refractivity contribution in [3.05, 3.63) is 11.7 Å². The van der Waals surface area contributed by atoms with Crippen LogP contribution in [-0.2, 0) is 17.8 Å². The van der Waals surface area contributed by atoms with E-state index in [4.69, 9.17) is 4.52 Å². The molecule has 2 atom stereocenters. The summed E-state index contributed by atoms with van der Waals surface area (Å²) in [6.45, 7) is 6.85. The van der Waals surface area contributed by atoms with Crippen LogP contribution in [0.25, 0.3) is 0 Å². The van der Waals surface area contributed by atoms with Crippen molar-refractivity contribution in [1.29, 1.82) is 0 Å². The Bertz CT molecular complexity index is 545. The second-order valence-corrected chi connectivity index (χ2v) is 7.04. The van der Waals surface area contributed by atoms with Gasteiger partial charge in [-0.05, 0) is 38.6 Å². The molecule has 6 nitrogen and oxygen atoms in total. The van der Waals surface area contributed by atoms with Gasteiger partial charge in [0.1, 0.15) is 0 Å². The van der Waals surface area contributed by atoms with E-state index in [0.717, 1.165) is 63.5 Å². The molecule has 2 aliphatic heterocycles. The van der Waals surface area contributed by atoms with Crippen molar-refractivity contribution in [3.8, 4) is 0 Å². The van der Waals surface area contributed by atoms with Crippen LogP contribution in [0.1, 0.15) is 70.5 Å². The normalized spacial score (nSPS) is 24.8. The summed E-state index contributed by atoms with van der Waals surface area (Å²) in [4.78, 5) is 21.3. The van der Waals surface area contributed by atoms with E-state index in [2.05, 4.69) is 26.9 Å². The number of hydrogen-bond acceptors (Lipinski definition) is 5. The highest BCUT2D eigenvalue weighted by Crippen LogP contribution is 2.31. The molecule has 2 aliphatic rings. The summed E-state index contributed by atoms with van der Waals surface area (Å²) in [6.07, 6.45) is 8.31. The van der Waals surface area contributed by atoms with Crippen LogP contribution in [0.5, 0.6) is 0 Å². The Labute approximate surface area is 144 Å². The van der Waals surface area contributed by atoms with Gasteiger partial charge in [0.15, 0.2) is 5.82 Å². The van der Waals surface area contributed by atoms with Gasteiger partial charge in [0.25, 0.3) is 0 Å². The Kier molecular flexibility index (Phi) is 5.87. The van der Waals surface area contributed by atoms with Crippen molar-refractivity contribution in [2.75, 3.05) is 13.1 Å². The Morgan fingerprint density at radius 1 is 1.21 bits per heavy atom. The smallest absolute Gasteiger partial charge is 0.226 e. The van der Waals surface area contributed by atoms with Crippen molar-refractivity contribution >= 4 is 5.91 Å². The van der Waals surface area contributed by atoms with E-state index in [0.29, 0.717) is 24.4 Å². The molecule has 2 saturated heterocycles. The first-order valence-corrected chi connectivity index (χ1v) is 9.58. The molecule has 1 aromatic heterocycles. The molecular weight excluding hydrogens is 304 g/mol. The first-order valence-electron chi connectivity index (χ1n) is 9.58. The first-order chi connectivity index (χ1) is 11.7. The lowest BCUT2D eigenvalue weighted by atomic mass is 10.0. The Hall–Kier alpha value is -1.43. The Morgan fingerprint density at radius 2 is 2.00 bits per heavy atom. The minimum Gasteiger partial charge on any atom is -0.339 e. The minimum atomic E-state index is 0.297. The maximum absolute atomic E-state index is 12.2. The van der Waals surface area contributed by atoms with Gasteiger partial charge in [-0.2, -0.15) is 4.98 Å². The maximum Gasteiger partial charge on any atom is 0.226 e. The zero-order valence-electron chi connectivity index (χ0n) is 15.0. The van der Waals surface area contributed by atoms with Gasteiger partial charge in [-0.3, -0.25) is 9.69 Å². The number of aromatic nitrogens is 2. The molecule has 3 heterocycles. The lowest BCUT2D eigenvalue weighted by Gasteiger charge is -2.34. The molecule has 0 radical (unpaired) electrons.